The Balaban J connectivity index is 1.38. The number of carbonyl (C=O) groups is 1. The van der Waals surface area contributed by atoms with Gasteiger partial charge >= 0.3 is 0 Å². The third kappa shape index (κ3) is 7.22. The molecule has 9 nitrogen and oxygen atoms in total. The summed E-state index contributed by atoms with van der Waals surface area (Å²) in [4.78, 5) is 25.2. The van der Waals surface area contributed by atoms with Crippen LogP contribution in [0.3, 0.4) is 0 Å². The Hall–Kier alpha value is -2.62. The van der Waals surface area contributed by atoms with Crippen molar-refractivity contribution in [2.45, 2.75) is 12.8 Å². The molecule has 32 heavy (non-hydrogen) atoms. The highest BCUT2D eigenvalue weighted by Crippen LogP contribution is 2.31. The minimum absolute atomic E-state index is 0.0883. The summed E-state index contributed by atoms with van der Waals surface area (Å²) in [6, 6.07) is 7.49. The predicted octanol–water partition coefficient (Wildman–Crippen LogP) is 1.38. The fourth-order valence-corrected chi connectivity index (χ4v) is 3.81. The van der Waals surface area contributed by atoms with Gasteiger partial charge < -0.3 is 26.0 Å². The molecule has 1 aromatic heterocycles. The van der Waals surface area contributed by atoms with E-state index in [0.717, 1.165) is 62.1 Å². The molecule has 174 valence electrons. The number of aromatic nitrogens is 2. The maximum atomic E-state index is 11.8. The molecule has 1 aliphatic rings. The number of hydrogen-bond donors (Lipinski definition) is 3. The first-order valence-corrected chi connectivity index (χ1v) is 11.3. The highest BCUT2D eigenvalue weighted by atomic mass is 35.5. The molecule has 2 heterocycles. The van der Waals surface area contributed by atoms with Crippen LogP contribution in [-0.2, 0) is 11.2 Å². The first-order chi connectivity index (χ1) is 15.6. The SMILES string of the molecule is COc1ccc(Cl)cc1N1CCN(CCCNc2nccc(CC(=O)NCCN)n2)CC1. The number of rotatable bonds is 11. The van der Waals surface area contributed by atoms with E-state index in [2.05, 4.69) is 30.4 Å². The van der Waals surface area contributed by atoms with Crippen molar-refractivity contribution >= 4 is 29.1 Å². The van der Waals surface area contributed by atoms with Gasteiger partial charge in [-0.05, 0) is 37.2 Å². The normalized spacial score (nSPS) is 14.3. The fraction of sp³-hybridized carbons (Fsp3) is 0.500. The molecule has 3 rings (SSSR count). The molecule has 0 aliphatic carbocycles. The number of ether oxygens (including phenoxy) is 1. The van der Waals surface area contributed by atoms with Crippen LogP contribution < -0.4 is 26.0 Å². The molecular weight excluding hydrogens is 430 g/mol. The molecule has 0 unspecified atom stereocenters. The number of carbonyl (C=O) groups excluding carboxylic acids is 1. The Kier molecular flexibility index (Phi) is 9.33. The van der Waals surface area contributed by atoms with Crippen LogP contribution >= 0.6 is 11.6 Å². The number of piperazine rings is 1. The number of anilines is 2. The summed E-state index contributed by atoms with van der Waals surface area (Å²) in [6.45, 7) is 6.49. The van der Waals surface area contributed by atoms with Crippen LogP contribution in [0.25, 0.3) is 0 Å². The minimum Gasteiger partial charge on any atom is -0.495 e. The fourth-order valence-electron chi connectivity index (χ4n) is 3.64. The summed E-state index contributed by atoms with van der Waals surface area (Å²) in [5.41, 5.74) is 7.14. The Morgan fingerprint density at radius 2 is 2.03 bits per heavy atom. The van der Waals surface area contributed by atoms with Crippen molar-refractivity contribution in [1.29, 1.82) is 0 Å². The molecule has 0 bridgehead atoms. The zero-order valence-corrected chi connectivity index (χ0v) is 19.3. The van der Waals surface area contributed by atoms with Crippen molar-refractivity contribution in [1.82, 2.24) is 20.2 Å². The van der Waals surface area contributed by atoms with Gasteiger partial charge in [-0.1, -0.05) is 11.6 Å². The van der Waals surface area contributed by atoms with Crippen LogP contribution in [-0.4, -0.2) is 80.2 Å². The molecule has 0 spiro atoms. The van der Waals surface area contributed by atoms with Gasteiger partial charge in [-0.25, -0.2) is 9.97 Å². The van der Waals surface area contributed by atoms with Crippen LogP contribution in [0.15, 0.2) is 30.5 Å². The Morgan fingerprint density at radius 3 is 2.78 bits per heavy atom. The molecule has 0 radical (unpaired) electrons. The zero-order valence-electron chi connectivity index (χ0n) is 18.5. The molecular formula is C22H32ClN7O2. The van der Waals surface area contributed by atoms with Gasteiger partial charge in [-0.15, -0.1) is 0 Å². The van der Waals surface area contributed by atoms with Gasteiger partial charge in [0.25, 0.3) is 0 Å². The lowest BCUT2D eigenvalue weighted by Gasteiger charge is -2.36. The third-order valence-electron chi connectivity index (χ3n) is 5.31. The lowest BCUT2D eigenvalue weighted by atomic mass is 10.2. The van der Waals surface area contributed by atoms with Gasteiger partial charge in [0, 0.05) is 57.0 Å². The van der Waals surface area contributed by atoms with Crippen LogP contribution in [0.1, 0.15) is 12.1 Å². The van der Waals surface area contributed by atoms with E-state index in [-0.39, 0.29) is 12.3 Å². The molecule has 1 saturated heterocycles. The maximum Gasteiger partial charge on any atom is 0.226 e. The number of nitrogens with zero attached hydrogens (tertiary/aromatic N) is 4. The molecule has 4 N–H and O–H groups in total. The number of nitrogens with two attached hydrogens (primary N) is 1. The average Bonchev–Trinajstić information content (AvgIpc) is 2.81. The molecule has 1 fully saturated rings. The monoisotopic (exact) mass is 461 g/mol. The van der Waals surface area contributed by atoms with Crippen LogP contribution in [0.4, 0.5) is 11.6 Å². The predicted molar refractivity (Wildman–Crippen MR) is 128 cm³/mol. The second-order valence-corrected chi connectivity index (χ2v) is 8.05. The highest BCUT2D eigenvalue weighted by Gasteiger charge is 2.19. The molecule has 0 atom stereocenters. The van der Waals surface area contributed by atoms with Gasteiger partial charge in [0.2, 0.25) is 11.9 Å². The van der Waals surface area contributed by atoms with Crippen LogP contribution in [0.2, 0.25) is 5.02 Å². The number of amides is 1. The second-order valence-electron chi connectivity index (χ2n) is 7.61. The minimum atomic E-state index is -0.0883. The third-order valence-corrected chi connectivity index (χ3v) is 5.54. The lowest BCUT2D eigenvalue weighted by Crippen LogP contribution is -2.47. The molecule has 1 aliphatic heterocycles. The van der Waals surface area contributed by atoms with Gasteiger partial charge in [0.05, 0.1) is 24.9 Å². The van der Waals surface area contributed by atoms with Crippen LogP contribution in [0, 0.1) is 0 Å². The summed E-state index contributed by atoms with van der Waals surface area (Å²) >= 11 is 6.18. The maximum absolute atomic E-state index is 11.8. The van der Waals surface area contributed by atoms with E-state index in [1.807, 2.05) is 18.2 Å². The summed E-state index contributed by atoms with van der Waals surface area (Å²) in [6.07, 6.45) is 2.87. The lowest BCUT2D eigenvalue weighted by molar-refractivity contribution is -0.120. The quantitative estimate of drug-likeness (QED) is 0.431. The summed E-state index contributed by atoms with van der Waals surface area (Å²) < 4.78 is 5.49. The topological polar surface area (TPSA) is 109 Å². The number of hydrogen-bond acceptors (Lipinski definition) is 8. The van der Waals surface area contributed by atoms with Crippen molar-refractivity contribution in [3.63, 3.8) is 0 Å². The van der Waals surface area contributed by atoms with Gasteiger partial charge in [-0.3, -0.25) is 9.69 Å². The first-order valence-electron chi connectivity index (χ1n) is 10.9. The molecule has 1 aromatic carbocycles. The molecule has 2 aromatic rings. The Labute approximate surface area is 194 Å². The van der Waals surface area contributed by atoms with E-state index in [0.29, 0.717) is 24.7 Å². The average molecular weight is 462 g/mol. The molecule has 10 heteroatoms. The van der Waals surface area contributed by atoms with Gasteiger partial charge in [-0.2, -0.15) is 0 Å². The Morgan fingerprint density at radius 1 is 1.22 bits per heavy atom. The second kappa shape index (κ2) is 12.4. The van der Waals surface area contributed by atoms with Crippen molar-refractivity contribution in [2.75, 3.05) is 69.7 Å². The molecule has 1 amide bonds. The molecule has 0 saturated carbocycles. The van der Waals surface area contributed by atoms with E-state index < -0.39 is 0 Å². The Bertz CT molecular complexity index is 875. The number of methoxy groups -OCH3 is 1. The summed E-state index contributed by atoms with van der Waals surface area (Å²) in [5, 5.41) is 6.72. The zero-order chi connectivity index (χ0) is 22.8. The summed E-state index contributed by atoms with van der Waals surface area (Å²) in [7, 11) is 1.69. The number of benzene rings is 1. The summed E-state index contributed by atoms with van der Waals surface area (Å²) in [5.74, 6) is 1.31. The largest absolute Gasteiger partial charge is 0.495 e. The highest BCUT2D eigenvalue weighted by molar-refractivity contribution is 6.30. The van der Waals surface area contributed by atoms with E-state index in [9.17, 15) is 4.79 Å². The van der Waals surface area contributed by atoms with E-state index in [1.54, 1.807) is 19.4 Å². The van der Waals surface area contributed by atoms with Crippen LogP contribution in [0.5, 0.6) is 5.75 Å². The van der Waals surface area contributed by atoms with E-state index in [1.165, 1.54) is 0 Å². The van der Waals surface area contributed by atoms with Gasteiger partial charge in [0.15, 0.2) is 0 Å². The number of nitrogens with one attached hydrogen (secondary N) is 2. The van der Waals surface area contributed by atoms with Gasteiger partial charge in [0.1, 0.15) is 5.75 Å². The first kappa shape index (κ1) is 24.0. The van der Waals surface area contributed by atoms with E-state index in [4.69, 9.17) is 22.1 Å². The van der Waals surface area contributed by atoms with E-state index >= 15 is 0 Å². The number of halogens is 1. The standard InChI is InChI=1S/C22H32ClN7O2/c1-32-20-4-3-17(23)15-19(20)30-13-11-29(12-14-30)10-2-7-26-22-27-8-5-18(28-22)16-21(31)25-9-6-24/h3-5,8,15H,2,6-7,9-14,16,24H2,1H3,(H,25,31)(H,26,27,28). The van der Waals surface area contributed by atoms with Crippen molar-refractivity contribution in [2.24, 2.45) is 5.73 Å². The van der Waals surface area contributed by atoms with Crippen molar-refractivity contribution < 1.29 is 9.53 Å². The smallest absolute Gasteiger partial charge is 0.226 e. The van der Waals surface area contributed by atoms with Crippen molar-refractivity contribution in [3.05, 3.63) is 41.2 Å². The van der Waals surface area contributed by atoms with Crippen molar-refractivity contribution in [3.8, 4) is 5.75 Å².